The molecule has 3 heterocycles. The van der Waals surface area contributed by atoms with Crippen molar-refractivity contribution in [3.8, 4) is 0 Å². The second kappa shape index (κ2) is 6.26. The molecule has 0 N–H and O–H groups in total. The van der Waals surface area contributed by atoms with Crippen LogP contribution in [-0.2, 0) is 10.2 Å². The minimum atomic E-state index is -0.612. The zero-order valence-corrected chi connectivity index (χ0v) is 18.1. The Kier molecular flexibility index (Phi) is 4.01. The Morgan fingerprint density at radius 1 is 1.17 bits per heavy atom. The highest BCUT2D eigenvalue weighted by Gasteiger charge is 2.58. The van der Waals surface area contributed by atoms with Gasteiger partial charge in [-0.2, -0.15) is 0 Å². The van der Waals surface area contributed by atoms with Gasteiger partial charge in [0.2, 0.25) is 5.91 Å². The molecule has 0 atom stereocenters. The van der Waals surface area contributed by atoms with E-state index in [2.05, 4.69) is 63.9 Å². The van der Waals surface area contributed by atoms with E-state index in [0.717, 1.165) is 22.3 Å². The Labute approximate surface area is 177 Å². The summed E-state index contributed by atoms with van der Waals surface area (Å²) in [5, 5.41) is 0.836. The molecule has 1 amide bonds. The fraction of sp³-hybridized carbons (Fsp3) is 0.304. The Morgan fingerprint density at radius 2 is 1.86 bits per heavy atom. The van der Waals surface area contributed by atoms with Gasteiger partial charge < -0.3 is 9.80 Å². The largest absolute Gasteiger partial charge is 0.369 e. The van der Waals surface area contributed by atoms with Crippen LogP contribution in [0.3, 0.4) is 0 Å². The van der Waals surface area contributed by atoms with E-state index in [9.17, 15) is 9.18 Å². The van der Waals surface area contributed by atoms with Crippen LogP contribution in [0.5, 0.6) is 0 Å². The van der Waals surface area contributed by atoms with Crippen LogP contribution < -0.4 is 9.80 Å². The highest BCUT2D eigenvalue weighted by Crippen LogP contribution is 2.50. The van der Waals surface area contributed by atoms with E-state index in [4.69, 9.17) is 0 Å². The van der Waals surface area contributed by atoms with E-state index in [0.29, 0.717) is 29.0 Å². The smallest absolute Gasteiger partial charge is 0.241 e. The first-order valence-corrected chi connectivity index (χ1v) is 10.5. The summed E-state index contributed by atoms with van der Waals surface area (Å²) in [6.45, 7) is 5.58. The van der Waals surface area contributed by atoms with Gasteiger partial charge in [-0.25, -0.2) is 4.39 Å². The summed E-state index contributed by atoms with van der Waals surface area (Å²) in [4.78, 5) is 21.6. The van der Waals surface area contributed by atoms with Crippen LogP contribution in [-0.4, -0.2) is 31.0 Å². The van der Waals surface area contributed by atoms with Gasteiger partial charge in [0.25, 0.3) is 0 Å². The molecule has 2 aliphatic rings. The molecule has 0 saturated carbocycles. The monoisotopic (exact) mass is 453 g/mol. The quantitative estimate of drug-likeness (QED) is 0.547. The van der Waals surface area contributed by atoms with Crippen LogP contribution in [0.25, 0.3) is 10.9 Å². The summed E-state index contributed by atoms with van der Waals surface area (Å²) >= 11 is 3.29. The molecule has 6 heteroatoms. The molecule has 1 aromatic heterocycles. The van der Waals surface area contributed by atoms with Gasteiger partial charge in [0, 0.05) is 42.8 Å². The van der Waals surface area contributed by atoms with Gasteiger partial charge >= 0.3 is 0 Å². The van der Waals surface area contributed by atoms with E-state index in [1.54, 1.807) is 24.2 Å². The number of carbonyl (C=O) groups is 1. The predicted molar refractivity (Wildman–Crippen MR) is 117 cm³/mol. The number of anilines is 2. The first kappa shape index (κ1) is 18.6. The number of pyridine rings is 1. The van der Waals surface area contributed by atoms with Gasteiger partial charge in [-0.05, 0) is 45.6 Å². The van der Waals surface area contributed by atoms with Crippen molar-refractivity contribution in [2.24, 2.45) is 0 Å². The molecule has 5 rings (SSSR count). The molecule has 0 unspecified atom stereocenters. The molecule has 4 nitrogen and oxygen atoms in total. The molecular formula is C23H21BrFN3O. The molecular weight excluding hydrogens is 433 g/mol. The minimum absolute atomic E-state index is 0.0808. The number of likely N-dealkylation sites (N-methyl/N-ethyl adjacent to an activating group) is 1. The lowest BCUT2D eigenvalue weighted by Crippen LogP contribution is -2.64. The van der Waals surface area contributed by atoms with Gasteiger partial charge in [-0.3, -0.25) is 9.78 Å². The molecule has 2 aliphatic heterocycles. The standard InChI is InChI=1S/C23H21BrFN3O/c1-13(2)14-4-6-15(7-5-14)28-11-23(12-28)21-16-8-17(24)18(25)9-19(16)26-10-20(21)27(3)22(23)29/h4-10,13H,11-12H2,1-3H3. The fourth-order valence-electron chi connectivity index (χ4n) is 4.62. The van der Waals surface area contributed by atoms with Crippen LogP contribution >= 0.6 is 15.9 Å². The lowest BCUT2D eigenvalue weighted by atomic mass is 9.73. The van der Waals surface area contributed by atoms with Crippen LogP contribution in [0, 0.1) is 5.82 Å². The Bertz CT molecular complexity index is 1150. The summed E-state index contributed by atoms with van der Waals surface area (Å²) in [5.74, 6) is 0.218. The van der Waals surface area contributed by atoms with E-state index < -0.39 is 5.41 Å². The summed E-state index contributed by atoms with van der Waals surface area (Å²) in [6, 6.07) is 11.7. The Hall–Kier alpha value is -2.47. The van der Waals surface area contributed by atoms with Crippen molar-refractivity contribution >= 4 is 44.1 Å². The molecule has 3 aromatic rings. The second-order valence-corrected chi connectivity index (χ2v) is 9.20. The van der Waals surface area contributed by atoms with Gasteiger partial charge in [0.05, 0.1) is 21.9 Å². The second-order valence-electron chi connectivity index (χ2n) is 8.35. The van der Waals surface area contributed by atoms with Gasteiger partial charge in [0.1, 0.15) is 11.2 Å². The number of amides is 1. The lowest BCUT2D eigenvalue weighted by Gasteiger charge is -2.48. The third kappa shape index (κ3) is 2.54. The van der Waals surface area contributed by atoms with Crippen molar-refractivity contribution in [1.82, 2.24) is 4.98 Å². The maximum atomic E-state index is 14.0. The zero-order valence-electron chi connectivity index (χ0n) is 16.5. The third-order valence-electron chi connectivity index (χ3n) is 6.29. The van der Waals surface area contributed by atoms with Crippen molar-refractivity contribution in [3.05, 3.63) is 64.0 Å². The summed E-state index contributed by atoms with van der Waals surface area (Å²) in [5.41, 5.74) is 4.16. The SMILES string of the molecule is CC(C)c1ccc(N2CC3(C2)C(=O)N(C)c2cnc4cc(F)c(Br)cc4c23)cc1. The molecule has 29 heavy (non-hydrogen) atoms. The van der Waals surface area contributed by atoms with Crippen molar-refractivity contribution in [2.45, 2.75) is 25.2 Å². The van der Waals surface area contributed by atoms with Crippen LogP contribution in [0.1, 0.15) is 30.9 Å². The number of hydrogen-bond acceptors (Lipinski definition) is 3. The molecule has 0 radical (unpaired) electrons. The van der Waals surface area contributed by atoms with Gasteiger partial charge in [-0.1, -0.05) is 26.0 Å². The first-order valence-electron chi connectivity index (χ1n) is 9.73. The Balaban J connectivity index is 1.57. The molecule has 1 saturated heterocycles. The van der Waals surface area contributed by atoms with Crippen molar-refractivity contribution in [1.29, 1.82) is 0 Å². The summed E-state index contributed by atoms with van der Waals surface area (Å²) in [7, 11) is 1.79. The molecule has 1 fully saturated rings. The number of hydrogen-bond donors (Lipinski definition) is 0. The fourth-order valence-corrected chi connectivity index (χ4v) is 4.97. The number of aromatic nitrogens is 1. The number of carbonyl (C=O) groups excluding carboxylic acids is 1. The molecule has 1 spiro atoms. The van der Waals surface area contributed by atoms with Crippen molar-refractivity contribution < 1.29 is 9.18 Å². The molecule has 0 bridgehead atoms. The molecule has 2 aromatic carbocycles. The van der Waals surface area contributed by atoms with Crippen LogP contribution in [0.2, 0.25) is 0 Å². The number of nitrogens with zero attached hydrogens (tertiary/aromatic N) is 3. The average Bonchev–Trinajstić information content (AvgIpc) is 2.90. The Morgan fingerprint density at radius 3 is 2.52 bits per heavy atom. The third-order valence-corrected chi connectivity index (χ3v) is 6.90. The number of rotatable bonds is 2. The summed E-state index contributed by atoms with van der Waals surface area (Å²) in [6.07, 6.45) is 1.69. The number of halogens is 2. The van der Waals surface area contributed by atoms with Gasteiger partial charge in [0.15, 0.2) is 0 Å². The number of benzene rings is 2. The maximum absolute atomic E-state index is 14.0. The van der Waals surface area contributed by atoms with Crippen LogP contribution in [0.4, 0.5) is 15.8 Å². The molecule has 148 valence electrons. The predicted octanol–water partition coefficient (Wildman–Crippen LogP) is 4.99. The van der Waals surface area contributed by atoms with Crippen molar-refractivity contribution in [2.75, 3.05) is 29.9 Å². The van der Waals surface area contributed by atoms with E-state index >= 15 is 0 Å². The van der Waals surface area contributed by atoms with Gasteiger partial charge in [-0.15, -0.1) is 0 Å². The maximum Gasteiger partial charge on any atom is 0.241 e. The van der Waals surface area contributed by atoms with E-state index in [1.165, 1.54) is 11.6 Å². The topological polar surface area (TPSA) is 36.4 Å². The van der Waals surface area contributed by atoms with Crippen LogP contribution in [0.15, 0.2) is 47.1 Å². The highest BCUT2D eigenvalue weighted by molar-refractivity contribution is 9.10. The lowest BCUT2D eigenvalue weighted by molar-refractivity contribution is -0.123. The number of fused-ring (bicyclic) bond motifs is 4. The normalized spacial score (nSPS) is 17.4. The molecule has 0 aliphatic carbocycles. The average molecular weight is 454 g/mol. The summed E-state index contributed by atoms with van der Waals surface area (Å²) < 4.78 is 14.4. The zero-order chi connectivity index (χ0) is 20.5. The van der Waals surface area contributed by atoms with E-state index in [-0.39, 0.29) is 11.7 Å². The first-order chi connectivity index (χ1) is 13.8. The highest BCUT2D eigenvalue weighted by atomic mass is 79.9. The van der Waals surface area contributed by atoms with Crippen molar-refractivity contribution in [3.63, 3.8) is 0 Å². The minimum Gasteiger partial charge on any atom is -0.369 e. The van der Waals surface area contributed by atoms with E-state index in [1.807, 2.05) is 0 Å².